The Labute approximate surface area is 123 Å². The van der Waals surface area contributed by atoms with Crippen molar-refractivity contribution in [2.45, 2.75) is 17.5 Å². The van der Waals surface area contributed by atoms with Gasteiger partial charge in [0, 0.05) is 19.6 Å². The van der Waals surface area contributed by atoms with E-state index in [4.69, 9.17) is 0 Å². The summed E-state index contributed by atoms with van der Waals surface area (Å²) in [5.74, 6) is 0. The lowest BCUT2D eigenvalue weighted by Gasteiger charge is -2.27. The molecule has 1 unspecified atom stereocenters. The molecule has 0 fully saturated rings. The number of aryl methyl sites for hydroxylation is 1. The molecule has 2 heterocycles. The van der Waals surface area contributed by atoms with Crippen molar-refractivity contribution in [3.8, 4) is 0 Å². The van der Waals surface area contributed by atoms with E-state index in [1.54, 1.807) is 7.05 Å². The summed E-state index contributed by atoms with van der Waals surface area (Å²) in [5.41, 5.74) is 2.41. The standard InChI is InChI=1S/C13H17N5O2S/c1-18-13(9-15-17-18)21(19,20)16-8-12-11-5-3-2-4-10(11)6-7-14-12/h2-5,9,12,14,16H,6-8H2,1H3. The molecule has 21 heavy (non-hydrogen) atoms. The molecule has 2 N–H and O–H groups in total. The number of benzene rings is 1. The molecule has 1 atom stereocenters. The van der Waals surface area contributed by atoms with Crippen LogP contribution >= 0.6 is 0 Å². The first-order valence-electron chi connectivity index (χ1n) is 6.73. The summed E-state index contributed by atoms with van der Waals surface area (Å²) in [7, 11) is -2.05. The van der Waals surface area contributed by atoms with Gasteiger partial charge in [-0.05, 0) is 24.1 Å². The van der Waals surface area contributed by atoms with Crippen LogP contribution < -0.4 is 10.0 Å². The monoisotopic (exact) mass is 307 g/mol. The van der Waals surface area contributed by atoms with Gasteiger partial charge < -0.3 is 5.32 Å². The summed E-state index contributed by atoms with van der Waals surface area (Å²) >= 11 is 0. The second-order valence-corrected chi connectivity index (χ2v) is 6.72. The SMILES string of the molecule is Cn1nncc1S(=O)(=O)NCC1NCCc2ccccc21. The van der Waals surface area contributed by atoms with Crippen LogP contribution in [0.4, 0.5) is 0 Å². The van der Waals surface area contributed by atoms with Gasteiger partial charge in [0.15, 0.2) is 5.03 Å². The average Bonchev–Trinajstić information content (AvgIpc) is 2.92. The number of hydrogen-bond acceptors (Lipinski definition) is 5. The molecule has 1 aliphatic rings. The summed E-state index contributed by atoms with van der Waals surface area (Å²) in [6.07, 6.45) is 2.20. The maximum atomic E-state index is 12.2. The van der Waals surface area contributed by atoms with Crippen molar-refractivity contribution in [2.75, 3.05) is 13.1 Å². The van der Waals surface area contributed by atoms with Crippen molar-refractivity contribution in [3.63, 3.8) is 0 Å². The van der Waals surface area contributed by atoms with Gasteiger partial charge >= 0.3 is 0 Å². The quantitative estimate of drug-likeness (QED) is 0.829. The van der Waals surface area contributed by atoms with Crippen molar-refractivity contribution in [2.24, 2.45) is 7.05 Å². The van der Waals surface area contributed by atoms with Crippen molar-refractivity contribution in [1.82, 2.24) is 25.0 Å². The van der Waals surface area contributed by atoms with Gasteiger partial charge in [0.1, 0.15) is 0 Å². The number of nitrogens with one attached hydrogen (secondary N) is 2. The third-order valence-corrected chi connectivity index (χ3v) is 5.11. The molecule has 1 aromatic carbocycles. The first-order chi connectivity index (χ1) is 10.1. The second-order valence-electron chi connectivity index (χ2n) is 5.00. The van der Waals surface area contributed by atoms with Crippen LogP contribution in [0.2, 0.25) is 0 Å². The molecule has 3 rings (SSSR count). The topological polar surface area (TPSA) is 88.9 Å². The van der Waals surface area contributed by atoms with Gasteiger partial charge in [-0.15, -0.1) is 5.10 Å². The van der Waals surface area contributed by atoms with Crippen LogP contribution in [-0.4, -0.2) is 36.5 Å². The van der Waals surface area contributed by atoms with E-state index in [9.17, 15) is 8.42 Å². The number of hydrogen-bond donors (Lipinski definition) is 2. The van der Waals surface area contributed by atoms with Gasteiger partial charge in [-0.3, -0.25) is 0 Å². The highest BCUT2D eigenvalue weighted by atomic mass is 32.2. The predicted molar refractivity (Wildman–Crippen MR) is 77.1 cm³/mol. The molecule has 0 saturated heterocycles. The van der Waals surface area contributed by atoms with E-state index in [1.165, 1.54) is 16.4 Å². The minimum atomic E-state index is -3.60. The van der Waals surface area contributed by atoms with Crippen LogP contribution in [0, 0.1) is 0 Å². The molecule has 1 aliphatic heterocycles. The zero-order valence-electron chi connectivity index (χ0n) is 11.7. The third-order valence-electron chi connectivity index (χ3n) is 3.64. The van der Waals surface area contributed by atoms with Crippen LogP contribution in [0.15, 0.2) is 35.5 Å². The van der Waals surface area contributed by atoms with E-state index in [-0.39, 0.29) is 11.1 Å². The van der Waals surface area contributed by atoms with Gasteiger partial charge in [-0.25, -0.2) is 17.8 Å². The summed E-state index contributed by atoms with van der Waals surface area (Å²) < 4.78 is 28.3. The number of sulfonamides is 1. The first-order valence-corrected chi connectivity index (χ1v) is 8.22. The number of rotatable bonds is 4. The molecule has 0 saturated carbocycles. The Morgan fingerprint density at radius 1 is 1.43 bits per heavy atom. The third kappa shape index (κ3) is 2.82. The molecule has 0 amide bonds. The molecule has 8 heteroatoms. The van der Waals surface area contributed by atoms with E-state index in [0.717, 1.165) is 18.5 Å². The van der Waals surface area contributed by atoms with Gasteiger partial charge in [-0.2, -0.15) is 0 Å². The maximum absolute atomic E-state index is 12.2. The molecule has 0 aliphatic carbocycles. The van der Waals surface area contributed by atoms with Crippen molar-refractivity contribution >= 4 is 10.0 Å². The Morgan fingerprint density at radius 3 is 3.00 bits per heavy atom. The Kier molecular flexibility index (Phi) is 3.75. The molecular formula is C13H17N5O2S. The van der Waals surface area contributed by atoms with Crippen molar-refractivity contribution in [1.29, 1.82) is 0 Å². The fourth-order valence-electron chi connectivity index (χ4n) is 2.57. The lowest BCUT2D eigenvalue weighted by atomic mass is 9.95. The van der Waals surface area contributed by atoms with Crippen LogP contribution in [-0.2, 0) is 23.5 Å². The van der Waals surface area contributed by atoms with Gasteiger partial charge in [0.25, 0.3) is 10.0 Å². The molecule has 1 aromatic heterocycles. The molecule has 0 spiro atoms. The predicted octanol–water partition coefficient (Wildman–Crippen LogP) is -0.0196. The second kappa shape index (κ2) is 5.55. The Morgan fingerprint density at radius 2 is 2.24 bits per heavy atom. The maximum Gasteiger partial charge on any atom is 0.259 e. The fraction of sp³-hybridized carbons (Fsp3) is 0.385. The summed E-state index contributed by atoms with van der Waals surface area (Å²) in [5, 5.41) is 10.6. The van der Waals surface area contributed by atoms with E-state index >= 15 is 0 Å². The van der Waals surface area contributed by atoms with E-state index in [2.05, 4.69) is 26.4 Å². The zero-order valence-corrected chi connectivity index (χ0v) is 12.5. The van der Waals surface area contributed by atoms with Crippen molar-refractivity contribution < 1.29 is 8.42 Å². The highest BCUT2D eigenvalue weighted by Gasteiger charge is 2.23. The number of nitrogens with zero attached hydrogens (tertiary/aromatic N) is 3. The minimum Gasteiger partial charge on any atom is -0.308 e. The minimum absolute atomic E-state index is 0.0223. The van der Waals surface area contributed by atoms with Gasteiger partial charge in [0.05, 0.1) is 6.20 Å². The molecule has 0 bridgehead atoms. The summed E-state index contributed by atoms with van der Waals surface area (Å²) in [6.45, 7) is 1.14. The highest BCUT2D eigenvalue weighted by molar-refractivity contribution is 7.89. The summed E-state index contributed by atoms with van der Waals surface area (Å²) in [4.78, 5) is 0. The molecule has 2 aromatic rings. The van der Waals surface area contributed by atoms with Crippen LogP contribution in [0.5, 0.6) is 0 Å². The molecule has 0 radical (unpaired) electrons. The van der Waals surface area contributed by atoms with E-state index in [1.807, 2.05) is 18.2 Å². The smallest absolute Gasteiger partial charge is 0.259 e. The fourth-order valence-corrected chi connectivity index (χ4v) is 3.67. The molecule has 112 valence electrons. The largest absolute Gasteiger partial charge is 0.308 e. The normalized spacial score (nSPS) is 18.4. The van der Waals surface area contributed by atoms with Crippen LogP contribution in [0.1, 0.15) is 17.2 Å². The average molecular weight is 307 g/mol. The number of fused-ring (bicyclic) bond motifs is 1. The van der Waals surface area contributed by atoms with E-state index < -0.39 is 10.0 Å². The Bertz CT molecular complexity index is 741. The molecule has 7 nitrogen and oxygen atoms in total. The van der Waals surface area contributed by atoms with Crippen LogP contribution in [0.25, 0.3) is 0 Å². The Balaban J connectivity index is 1.76. The lowest BCUT2D eigenvalue weighted by Crippen LogP contribution is -2.39. The number of aromatic nitrogens is 3. The van der Waals surface area contributed by atoms with Gasteiger partial charge in [-0.1, -0.05) is 29.5 Å². The Hall–Kier alpha value is -1.77. The first kappa shape index (κ1) is 14.2. The van der Waals surface area contributed by atoms with E-state index in [0.29, 0.717) is 6.54 Å². The van der Waals surface area contributed by atoms with Gasteiger partial charge in [0.2, 0.25) is 0 Å². The highest BCUT2D eigenvalue weighted by Crippen LogP contribution is 2.22. The summed E-state index contributed by atoms with van der Waals surface area (Å²) in [6, 6.07) is 8.07. The lowest BCUT2D eigenvalue weighted by molar-refractivity contribution is 0.489. The zero-order chi connectivity index (χ0) is 14.9. The van der Waals surface area contributed by atoms with Crippen LogP contribution in [0.3, 0.4) is 0 Å². The van der Waals surface area contributed by atoms with Crippen molar-refractivity contribution in [3.05, 3.63) is 41.6 Å². The molecular weight excluding hydrogens is 290 g/mol.